The van der Waals surface area contributed by atoms with Crippen molar-refractivity contribution >= 4 is 5.95 Å². The Morgan fingerprint density at radius 2 is 1.59 bits per heavy atom. The third-order valence-electron chi connectivity index (χ3n) is 2.39. The Morgan fingerprint density at radius 1 is 1.06 bits per heavy atom. The molecule has 0 radical (unpaired) electrons. The zero-order chi connectivity index (χ0) is 12.9. The average molecular weight is 243 g/mol. The Bertz CT molecular complexity index is 348. The number of aromatic nitrogens is 3. The van der Waals surface area contributed by atoms with Crippen molar-refractivity contribution in [2.24, 2.45) is 0 Å². The Kier molecular flexibility index (Phi) is 4.88. The molecule has 2 N–H and O–H groups in total. The summed E-state index contributed by atoms with van der Waals surface area (Å²) in [7, 11) is 5.49. The second-order valence-electron chi connectivity index (χ2n) is 4.19. The van der Waals surface area contributed by atoms with Crippen LogP contribution < -0.4 is 4.48 Å². The van der Waals surface area contributed by atoms with E-state index in [-0.39, 0.29) is 24.9 Å². The van der Waals surface area contributed by atoms with Gasteiger partial charge in [-0.15, -0.1) is 0 Å². The normalized spacial score (nSPS) is 11.8. The third-order valence-corrected chi connectivity index (χ3v) is 2.39. The average Bonchev–Trinajstić information content (AvgIpc) is 2.35. The Morgan fingerprint density at radius 3 is 2.00 bits per heavy atom. The smallest absolute Gasteiger partial charge is 0.332 e. The van der Waals surface area contributed by atoms with Crippen LogP contribution in [0.2, 0.25) is 0 Å². The first kappa shape index (κ1) is 13.9. The van der Waals surface area contributed by atoms with E-state index in [1.54, 1.807) is 7.11 Å². The maximum Gasteiger partial charge on any atom is 0.332 e. The second-order valence-corrected chi connectivity index (χ2v) is 4.19. The lowest BCUT2D eigenvalue weighted by molar-refractivity contribution is 0.169. The molecule has 0 saturated heterocycles. The summed E-state index contributed by atoms with van der Waals surface area (Å²) in [5.74, 6) is 1.04. The lowest BCUT2D eigenvalue weighted by Gasteiger charge is -2.26. The fraction of sp³-hybridized carbons (Fsp3) is 0.700. The van der Waals surface area contributed by atoms with Crippen LogP contribution in [0.3, 0.4) is 0 Å². The molecule has 7 heteroatoms. The van der Waals surface area contributed by atoms with Crippen molar-refractivity contribution in [2.75, 3.05) is 34.4 Å². The van der Waals surface area contributed by atoms with Gasteiger partial charge in [-0.1, -0.05) is 0 Å². The summed E-state index contributed by atoms with van der Waals surface area (Å²) in [5, 5.41) is 18.1. The summed E-state index contributed by atoms with van der Waals surface area (Å²) in [6, 6.07) is 0. The van der Waals surface area contributed by atoms with Gasteiger partial charge in [0.2, 0.25) is 0 Å². The van der Waals surface area contributed by atoms with Gasteiger partial charge >= 0.3 is 5.95 Å². The van der Waals surface area contributed by atoms with E-state index in [1.165, 1.54) is 0 Å². The number of nitrogens with zero attached hydrogens (tertiary/aromatic N) is 4. The van der Waals surface area contributed by atoms with Gasteiger partial charge in [-0.25, -0.2) is 4.98 Å². The number of quaternary nitrogens is 1. The summed E-state index contributed by atoms with van der Waals surface area (Å²) >= 11 is 0. The molecule has 1 aromatic rings. The largest absolute Gasteiger partial charge is 0.388 e. The summed E-state index contributed by atoms with van der Waals surface area (Å²) in [6.07, 6.45) is 0. The Labute approximate surface area is 100 Å². The van der Waals surface area contributed by atoms with E-state index in [9.17, 15) is 0 Å². The van der Waals surface area contributed by atoms with Crippen molar-refractivity contribution in [1.29, 1.82) is 0 Å². The van der Waals surface area contributed by atoms with Gasteiger partial charge in [0.05, 0.1) is 20.7 Å². The Hall–Kier alpha value is -1.15. The maximum atomic E-state index is 9.06. The molecule has 17 heavy (non-hydrogen) atoms. The predicted molar refractivity (Wildman–Crippen MR) is 62.1 cm³/mol. The molecule has 96 valence electrons. The van der Waals surface area contributed by atoms with Gasteiger partial charge in [0.25, 0.3) is 0 Å². The molecule has 1 heterocycles. The standard InChI is InChI=1S/C10H19N4O3/c1-14(2,4-5-17-3)10-12-8(6-15)11-9(7-16)13-10/h15-16H,4-7H2,1-3H3/q+1. The van der Waals surface area contributed by atoms with E-state index in [1.807, 2.05) is 14.1 Å². The minimum absolute atomic E-state index is 0.266. The van der Waals surface area contributed by atoms with Gasteiger partial charge < -0.3 is 14.9 Å². The fourth-order valence-electron chi connectivity index (χ4n) is 1.29. The van der Waals surface area contributed by atoms with Crippen molar-refractivity contribution in [3.63, 3.8) is 0 Å². The molecule has 0 atom stereocenters. The number of ether oxygens (including phenoxy) is 1. The van der Waals surface area contributed by atoms with Gasteiger partial charge in [-0.3, -0.25) is 4.48 Å². The topological polar surface area (TPSA) is 88.4 Å². The van der Waals surface area contributed by atoms with Crippen LogP contribution in [-0.2, 0) is 18.0 Å². The number of hydrogen-bond donors (Lipinski definition) is 2. The highest BCUT2D eigenvalue weighted by molar-refractivity contribution is 5.23. The molecule has 0 aliphatic carbocycles. The van der Waals surface area contributed by atoms with Gasteiger partial charge in [0.1, 0.15) is 19.8 Å². The zero-order valence-electron chi connectivity index (χ0n) is 10.4. The predicted octanol–water partition coefficient (Wildman–Crippen LogP) is -0.930. The molecule has 0 aliphatic rings. The summed E-state index contributed by atoms with van der Waals surface area (Å²) in [5.41, 5.74) is 0. The second kappa shape index (κ2) is 5.97. The fourth-order valence-corrected chi connectivity index (χ4v) is 1.29. The monoisotopic (exact) mass is 243 g/mol. The molecule has 0 saturated carbocycles. The first-order chi connectivity index (χ1) is 8.03. The lowest BCUT2D eigenvalue weighted by atomic mass is 10.4. The minimum Gasteiger partial charge on any atom is -0.388 e. The molecule has 0 unspecified atom stereocenters. The minimum atomic E-state index is -0.271. The van der Waals surface area contributed by atoms with Gasteiger partial charge in [-0.05, 0) is 0 Å². The lowest BCUT2D eigenvalue weighted by Crippen LogP contribution is -2.45. The molecule has 7 nitrogen and oxygen atoms in total. The highest BCUT2D eigenvalue weighted by Gasteiger charge is 2.24. The van der Waals surface area contributed by atoms with E-state index in [0.29, 0.717) is 23.6 Å². The van der Waals surface area contributed by atoms with Gasteiger partial charge in [-0.2, -0.15) is 9.97 Å². The van der Waals surface area contributed by atoms with E-state index < -0.39 is 0 Å². The molecule has 0 spiro atoms. The van der Waals surface area contributed by atoms with Crippen molar-refractivity contribution in [3.05, 3.63) is 11.6 Å². The molecule has 0 aromatic carbocycles. The first-order valence-corrected chi connectivity index (χ1v) is 5.31. The SMILES string of the molecule is COCC[N+](C)(C)c1nc(CO)nc(CO)n1. The van der Waals surface area contributed by atoms with E-state index in [4.69, 9.17) is 14.9 Å². The van der Waals surface area contributed by atoms with Crippen LogP contribution in [0.5, 0.6) is 0 Å². The van der Waals surface area contributed by atoms with Crippen LogP contribution in [0.15, 0.2) is 0 Å². The molecule has 0 fully saturated rings. The van der Waals surface area contributed by atoms with E-state index >= 15 is 0 Å². The highest BCUT2D eigenvalue weighted by atomic mass is 16.5. The van der Waals surface area contributed by atoms with Crippen molar-refractivity contribution in [2.45, 2.75) is 13.2 Å². The number of aliphatic hydroxyl groups excluding tert-OH is 2. The summed E-state index contributed by atoms with van der Waals surface area (Å²) < 4.78 is 5.43. The summed E-state index contributed by atoms with van der Waals surface area (Å²) in [6.45, 7) is 0.720. The quantitative estimate of drug-likeness (QED) is 0.628. The van der Waals surface area contributed by atoms with Crippen molar-refractivity contribution in [3.8, 4) is 0 Å². The van der Waals surface area contributed by atoms with Crippen molar-refractivity contribution < 1.29 is 14.9 Å². The van der Waals surface area contributed by atoms with Crippen LogP contribution in [0.4, 0.5) is 5.95 Å². The molecular weight excluding hydrogens is 224 g/mol. The van der Waals surface area contributed by atoms with Crippen LogP contribution >= 0.6 is 0 Å². The molecule has 1 rings (SSSR count). The maximum absolute atomic E-state index is 9.06. The number of methoxy groups -OCH3 is 1. The first-order valence-electron chi connectivity index (χ1n) is 5.31. The van der Waals surface area contributed by atoms with Gasteiger partial charge in [0.15, 0.2) is 11.6 Å². The number of likely N-dealkylation sites (N-methyl/N-ethyl adjacent to an activating group) is 1. The van der Waals surface area contributed by atoms with Crippen LogP contribution in [0.25, 0.3) is 0 Å². The third kappa shape index (κ3) is 3.67. The molecule has 1 aromatic heterocycles. The van der Waals surface area contributed by atoms with Crippen LogP contribution in [0.1, 0.15) is 11.6 Å². The molecule has 0 aliphatic heterocycles. The number of rotatable bonds is 6. The van der Waals surface area contributed by atoms with Crippen LogP contribution in [-0.4, -0.2) is 59.5 Å². The molecular formula is C10H19N4O3+. The summed E-state index contributed by atoms with van der Waals surface area (Å²) in [4.78, 5) is 12.2. The molecule has 0 bridgehead atoms. The Balaban J connectivity index is 3.02. The van der Waals surface area contributed by atoms with Crippen LogP contribution in [0, 0.1) is 0 Å². The number of hydrogen-bond acceptors (Lipinski definition) is 6. The van der Waals surface area contributed by atoms with Crippen molar-refractivity contribution in [1.82, 2.24) is 19.4 Å². The zero-order valence-corrected chi connectivity index (χ0v) is 10.4. The van der Waals surface area contributed by atoms with Gasteiger partial charge in [0, 0.05) is 7.11 Å². The van der Waals surface area contributed by atoms with E-state index in [0.717, 1.165) is 0 Å². The number of aliphatic hydroxyl groups is 2. The highest BCUT2D eigenvalue weighted by Crippen LogP contribution is 2.13. The molecule has 0 amide bonds. The van der Waals surface area contributed by atoms with E-state index in [2.05, 4.69) is 15.0 Å².